The molecule has 4 heteroatoms. The van der Waals surface area contributed by atoms with Crippen LogP contribution < -0.4 is 4.74 Å². The second-order valence-electron chi connectivity index (χ2n) is 7.67. The fourth-order valence-corrected chi connectivity index (χ4v) is 3.99. The molecule has 1 heterocycles. The van der Waals surface area contributed by atoms with Gasteiger partial charge in [-0.3, -0.25) is 4.79 Å². The molecule has 0 N–H and O–H groups in total. The predicted molar refractivity (Wildman–Crippen MR) is 117 cm³/mol. The summed E-state index contributed by atoms with van der Waals surface area (Å²) in [5.74, 6) is 0.959. The van der Waals surface area contributed by atoms with Gasteiger partial charge in [0.1, 0.15) is 5.75 Å². The molecule has 1 amide bonds. The van der Waals surface area contributed by atoms with Gasteiger partial charge in [-0.1, -0.05) is 72.8 Å². The summed E-state index contributed by atoms with van der Waals surface area (Å²) >= 11 is 0. The average molecular weight is 402 g/mol. The average Bonchev–Trinajstić information content (AvgIpc) is 3.08. The minimum Gasteiger partial charge on any atom is -0.497 e. The van der Waals surface area contributed by atoms with E-state index in [9.17, 15) is 4.79 Å². The van der Waals surface area contributed by atoms with E-state index in [1.54, 1.807) is 7.11 Å². The number of hydrogen-bond donors (Lipinski definition) is 0. The number of benzene rings is 3. The van der Waals surface area contributed by atoms with Crippen molar-refractivity contribution in [1.82, 2.24) is 4.90 Å². The summed E-state index contributed by atoms with van der Waals surface area (Å²) < 4.78 is 11.5. The Morgan fingerprint density at radius 1 is 0.833 bits per heavy atom. The van der Waals surface area contributed by atoms with E-state index in [2.05, 4.69) is 24.3 Å². The molecule has 30 heavy (non-hydrogen) atoms. The van der Waals surface area contributed by atoms with Crippen LogP contribution in [0.5, 0.6) is 5.75 Å². The van der Waals surface area contributed by atoms with Crippen molar-refractivity contribution in [3.05, 3.63) is 102 Å². The highest BCUT2D eigenvalue weighted by atomic mass is 16.5. The number of methoxy groups -OCH3 is 1. The normalized spacial score (nSPS) is 18.6. The van der Waals surface area contributed by atoms with Crippen molar-refractivity contribution in [3.8, 4) is 5.75 Å². The Balaban J connectivity index is 1.52. The minimum atomic E-state index is -0.129. The van der Waals surface area contributed by atoms with Gasteiger partial charge in [0.05, 0.1) is 32.3 Å². The van der Waals surface area contributed by atoms with Crippen LogP contribution in [0.4, 0.5) is 0 Å². The van der Waals surface area contributed by atoms with Crippen molar-refractivity contribution in [2.24, 2.45) is 0 Å². The molecule has 4 nitrogen and oxygen atoms in total. The first-order valence-corrected chi connectivity index (χ1v) is 10.3. The fourth-order valence-electron chi connectivity index (χ4n) is 3.99. The van der Waals surface area contributed by atoms with E-state index >= 15 is 0 Å². The molecule has 3 aromatic rings. The molecule has 1 fully saturated rings. The lowest BCUT2D eigenvalue weighted by Gasteiger charge is -2.28. The topological polar surface area (TPSA) is 38.8 Å². The van der Waals surface area contributed by atoms with Crippen LogP contribution >= 0.6 is 0 Å². The molecular formula is C26H27NO3. The standard InChI is InChI=1S/C26H27NO3/c1-29-23-14-12-21(13-15-23)18-27-24(16-20-8-4-2-5-9-20)25(17-26(27)28)30-19-22-10-6-3-7-11-22/h2-15,24-25H,16-19H2,1H3/t24-,25-/m0/s1. The quantitative estimate of drug-likeness (QED) is 0.553. The number of nitrogens with zero attached hydrogens (tertiary/aromatic N) is 1. The highest BCUT2D eigenvalue weighted by Crippen LogP contribution is 2.28. The zero-order valence-corrected chi connectivity index (χ0v) is 17.2. The lowest BCUT2D eigenvalue weighted by molar-refractivity contribution is -0.129. The Hall–Kier alpha value is -3.11. The summed E-state index contributed by atoms with van der Waals surface area (Å²) in [4.78, 5) is 14.9. The lowest BCUT2D eigenvalue weighted by atomic mass is 10.0. The number of amides is 1. The molecule has 0 radical (unpaired) electrons. The summed E-state index contributed by atoms with van der Waals surface area (Å²) in [5.41, 5.74) is 3.42. The lowest BCUT2D eigenvalue weighted by Crippen LogP contribution is -2.39. The highest BCUT2D eigenvalue weighted by Gasteiger charge is 2.40. The molecule has 3 aromatic carbocycles. The molecule has 1 aliphatic heterocycles. The SMILES string of the molecule is COc1ccc(CN2C(=O)C[C@H](OCc3ccccc3)[C@@H]2Cc2ccccc2)cc1. The van der Waals surface area contributed by atoms with Crippen molar-refractivity contribution in [1.29, 1.82) is 0 Å². The molecular weight excluding hydrogens is 374 g/mol. The highest BCUT2D eigenvalue weighted by molar-refractivity contribution is 5.80. The van der Waals surface area contributed by atoms with Crippen molar-refractivity contribution >= 4 is 5.91 Å². The van der Waals surface area contributed by atoms with Crippen molar-refractivity contribution in [2.75, 3.05) is 7.11 Å². The van der Waals surface area contributed by atoms with Gasteiger partial charge in [0.25, 0.3) is 0 Å². The van der Waals surface area contributed by atoms with Crippen molar-refractivity contribution in [3.63, 3.8) is 0 Å². The zero-order valence-electron chi connectivity index (χ0n) is 17.2. The molecule has 0 bridgehead atoms. The van der Waals surface area contributed by atoms with Gasteiger partial charge in [-0.2, -0.15) is 0 Å². The van der Waals surface area contributed by atoms with Crippen LogP contribution in [0.2, 0.25) is 0 Å². The first-order chi connectivity index (χ1) is 14.7. The van der Waals surface area contributed by atoms with Gasteiger partial charge in [-0.25, -0.2) is 0 Å². The van der Waals surface area contributed by atoms with Crippen LogP contribution in [0, 0.1) is 0 Å². The Labute approximate surface area is 178 Å². The smallest absolute Gasteiger partial charge is 0.225 e. The second-order valence-corrected chi connectivity index (χ2v) is 7.67. The summed E-state index contributed by atoms with van der Waals surface area (Å²) in [6, 6.07) is 28.4. The van der Waals surface area contributed by atoms with E-state index < -0.39 is 0 Å². The first kappa shape index (κ1) is 20.2. The number of ether oxygens (including phenoxy) is 2. The summed E-state index contributed by atoms with van der Waals surface area (Å²) in [5, 5.41) is 0. The third kappa shape index (κ3) is 4.89. The van der Waals surface area contributed by atoms with Crippen LogP contribution in [-0.2, 0) is 29.1 Å². The van der Waals surface area contributed by atoms with Gasteiger partial charge in [-0.15, -0.1) is 0 Å². The Bertz CT molecular complexity index is 941. The van der Waals surface area contributed by atoms with E-state index in [1.807, 2.05) is 65.6 Å². The minimum absolute atomic E-state index is 0.00529. The Morgan fingerprint density at radius 2 is 1.47 bits per heavy atom. The molecule has 0 aliphatic carbocycles. The van der Waals surface area contributed by atoms with E-state index in [4.69, 9.17) is 9.47 Å². The van der Waals surface area contributed by atoms with Crippen LogP contribution in [-0.4, -0.2) is 30.1 Å². The fraction of sp³-hybridized carbons (Fsp3) is 0.269. The van der Waals surface area contributed by atoms with Gasteiger partial charge in [0.15, 0.2) is 0 Å². The Morgan fingerprint density at radius 3 is 2.10 bits per heavy atom. The molecule has 1 saturated heterocycles. The second kappa shape index (κ2) is 9.59. The third-order valence-electron chi connectivity index (χ3n) is 5.63. The van der Waals surface area contributed by atoms with Gasteiger partial charge in [0.2, 0.25) is 5.91 Å². The van der Waals surface area contributed by atoms with Crippen molar-refractivity contribution < 1.29 is 14.3 Å². The monoisotopic (exact) mass is 401 g/mol. The zero-order chi connectivity index (χ0) is 20.8. The van der Waals surface area contributed by atoms with E-state index in [-0.39, 0.29) is 18.1 Å². The summed E-state index contributed by atoms with van der Waals surface area (Å²) in [6.07, 6.45) is 1.07. The maximum Gasteiger partial charge on any atom is 0.225 e. The van der Waals surface area contributed by atoms with E-state index in [1.165, 1.54) is 5.56 Å². The van der Waals surface area contributed by atoms with Crippen LogP contribution in [0.3, 0.4) is 0 Å². The number of carbonyl (C=O) groups excluding carboxylic acids is 1. The molecule has 4 rings (SSSR count). The van der Waals surface area contributed by atoms with Gasteiger partial charge >= 0.3 is 0 Å². The molecule has 154 valence electrons. The van der Waals surface area contributed by atoms with Gasteiger partial charge in [0, 0.05) is 6.54 Å². The maximum absolute atomic E-state index is 12.9. The first-order valence-electron chi connectivity index (χ1n) is 10.3. The van der Waals surface area contributed by atoms with E-state index in [0.717, 1.165) is 23.3 Å². The molecule has 0 unspecified atom stereocenters. The number of carbonyl (C=O) groups is 1. The number of hydrogen-bond acceptors (Lipinski definition) is 3. The largest absolute Gasteiger partial charge is 0.497 e. The third-order valence-corrected chi connectivity index (χ3v) is 5.63. The molecule has 1 aliphatic rings. The van der Waals surface area contributed by atoms with Crippen molar-refractivity contribution in [2.45, 2.75) is 38.1 Å². The van der Waals surface area contributed by atoms with Crippen LogP contribution in [0.25, 0.3) is 0 Å². The van der Waals surface area contributed by atoms with Crippen LogP contribution in [0.1, 0.15) is 23.1 Å². The number of rotatable bonds is 8. The molecule has 0 saturated carbocycles. The Kier molecular flexibility index (Phi) is 6.45. The number of likely N-dealkylation sites (tertiary alicyclic amines) is 1. The molecule has 0 aromatic heterocycles. The van der Waals surface area contributed by atoms with E-state index in [0.29, 0.717) is 19.6 Å². The summed E-state index contributed by atoms with van der Waals surface area (Å²) in [7, 11) is 1.66. The summed E-state index contributed by atoms with van der Waals surface area (Å²) in [6.45, 7) is 1.09. The molecule has 2 atom stereocenters. The maximum atomic E-state index is 12.9. The van der Waals surface area contributed by atoms with Gasteiger partial charge in [-0.05, 0) is 35.2 Å². The van der Waals surface area contributed by atoms with Crippen LogP contribution in [0.15, 0.2) is 84.9 Å². The van der Waals surface area contributed by atoms with Gasteiger partial charge < -0.3 is 14.4 Å². The predicted octanol–water partition coefficient (Wildman–Crippen LogP) is 4.62. The molecule has 0 spiro atoms.